The topological polar surface area (TPSA) is 58.9 Å². The Morgan fingerprint density at radius 2 is 1.82 bits per heavy atom. The lowest BCUT2D eigenvalue weighted by Gasteiger charge is -2.02. The monoisotopic (exact) mass is 223 g/mol. The highest BCUT2D eigenvalue weighted by atomic mass is 16.3. The SMILES string of the molecule is Oc1ccc2ccc(-c3ccnnc3)nc2c1. The lowest BCUT2D eigenvalue weighted by molar-refractivity contribution is 0.476. The van der Waals surface area contributed by atoms with E-state index in [1.54, 1.807) is 24.5 Å². The van der Waals surface area contributed by atoms with Crippen LogP contribution in [0.2, 0.25) is 0 Å². The summed E-state index contributed by atoms with van der Waals surface area (Å²) in [6.07, 6.45) is 3.29. The molecule has 1 aromatic carbocycles. The number of phenolic OH excluding ortho intramolecular Hbond substituents is 1. The van der Waals surface area contributed by atoms with E-state index < -0.39 is 0 Å². The molecule has 3 aromatic rings. The van der Waals surface area contributed by atoms with Crippen LogP contribution in [0.4, 0.5) is 0 Å². The number of aromatic nitrogens is 3. The summed E-state index contributed by atoms with van der Waals surface area (Å²) in [4.78, 5) is 4.48. The van der Waals surface area contributed by atoms with Crippen molar-refractivity contribution in [3.8, 4) is 17.0 Å². The second kappa shape index (κ2) is 3.83. The molecule has 0 radical (unpaired) electrons. The van der Waals surface area contributed by atoms with Crippen LogP contribution >= 0.6 is 0 Å². The van der Waals surface area contributed by atoms with Gasteiger partial charge in [-0.3, -0.25) is 0 Å². The molecule has 0 unspecified atom stereocenters. The van der Waals surface area contributed by atoms with Crippen LogP contribution < -0.4 is 0 Å². The number of rotatable bonds is 1. The highest BCUT2D eigenvalue weighted by molar-refractivity contribution is 5.82. The van der Waals surface area contributed by atoms with E-state index >= 15 is 0 Å². The van der Waals surface area contributed by atoms with Gasteiger partial charge < -0.3 is 5.11 Å². The van der Waals surface area contributed by atoms with E-state index in [0.29, 0.717) is 0 Å². The molecule has 2 aromatic heterocycles. The molecule has 0 spiro atoms. The van der Waals surface area contributed by atoms with E-state index in [9.17, 15) is 5.11 Å². The third-order valence-corrected chi connectivity index (χ3v) is 2.56. The number of pyridine rings is 1. The fourth-order valence-electron chi connectivity index (χ4n) is 1.71. The van der Waals surface area contributed by atoms with Crippen molar-refractivity contribution in [2.45, 2.75) is 0 Å². The second-order valence-corrected chi connectivity index (χ2v) is 3.70. The van der Waals surface area contributed by atoms with Crippen LogP contribution in [0.3, 0.4) is 0 Å². The Balaban J connectivity index is 2.19. The molecule has 17 heavy (non-hydrogen) atoms. The maximum Gasteiger partial charge on any atom is 0.117 e. The van der Waals surface area contributed by atoms with Crippen LogP contribution in [0.25, 0.3) is 22.2 Å². The van der Waals surface area contributed by atoms with Gasteiger partial charge in [0.1, 0.15) is 5.75 Å². The number of aromatic hydroxyl groups is 1. The summed E-state index contributed by atoms with van der Waals surface area (Å²) in [7, 11) is 0. The number of hydrogen-bond acceptors (Lipinski definition) is 4. The van der Waals surface area contributed by atoms with Gasteiger partial charge in [0, 0.05) is 17.0 Å². The van der Waals surface area contributed by atoms with Crippen molar-refractivity contribution in [3.05, 3.63) is 48.8 Å². The molecule has 0 saturated carbocycles. The molecule has 2 heterocycles. The van der Waals surface area contributed by atoms with E-state index in [1.807, 2.05) is 24.3 Å². The molecule has 3 rings (SSSR count). The molecule has 0 atom stereocenters. The molecule has 0 saturated heterocycles. The van der Waals surface area contributed by atoms with Gasteiger partial charge in [-0.15, -0.1) is 0 Å². The van der Waals surface area contributed by atoms with Gasteiger partial charge in [0.15, 0.2) is 0 Å². The van der Waals surface area contributed by atoms with Crippen molar-refractivity contribution >= 4 is 10.9 Å². The van der Waals surface area contributed by atoms with Gasteiger partial charge in [0.2, 0.25) is 0 Å². The molecule has 0 aliphatic rings. The van der Waals surface area contributed by atoms with E-state index in [0.717, 1.165) is 22.2 Å². The minimum absolute atomic E-state index is 0.218. The summed E-state index contributed by atoms with van der Waals surface area (Å²) in [5.74, 6) is 0.218. The van der Waals surface area contributed by atoms with Crippen molar-refractivity contribution in [1.82, 2.24) is 15.2 Å². The Labute approximate surface area is 97.6 Å². The number of fused-ring (bicyclic) bond motifs is 1. The average molecular weight is 223 g/mol. The van der Waals surface area contributed by atoms with Gasteiger partial charge in [-0.05, 0) is 24.3 Å². The predicted octanol–water partition coefficient (Wildman–Crippen LogP) is 2.40. The largest absolute Gasteiger partial charge is 0.508 e. The second-order valence-electron chi connectivity index (χ2n) is 3.70. The van der Waals surface area contributed by atoms with Crippen LogP contribution in [0.1, 0.15) is 0 Å². The summed E-state index contributed by atoms with van der Waals surface area (Å²) in [6, 6.07) is 10.9. The fourth-order valence-corrected chi connectivity index (χ4v) is 1.71. The van der Waals surface area contributed by atoms with Gasteiger partial charge in [0.25, 0.3) is 0 Å². The maximum absolute atomic E-state index is 9.43. The fraction of sp³-hybridized carbons (Fsp3) is 0. The number of benzene rings is 1. The third-order valence-electron chi connectivity index (χ3n) is 2.56. The Bertz CT molecular complexity index is 668. The molecule has 4 heteroatoms. The summed E-state index contributed by atoms with van der Waals surface area (Å²) in [6.45, 7) is 0. The number of phenols is 1. The minimum atomic E-state index is 0.218. The van der Waals surface area contributed by atoms with Crippen molar-refractivity contribution in [3.63, 3.8) is 0 Å². The van der Waals surface area contributed by atoms with Crippen LogP contribution in [-0.4, -0.2) is 20.3 Å². The highest BCUT2D eigenvalue weighted by Crippen LogP contribution is 2.22. The molecule has 4 nitrogen and oxygen atoms in total. The van der Waals surface area contributed by atoms with E-state index in [2.05, 4.69) is 15.2 Å². The van der Waals surface area contributed by atoms with Crippen molar-refractivity contribution in [2.24, 2.45) is 0 Å². The number of nitrogens with zero attached hydrogens (tertiary/aromatic N) is 3. The number of hydrogen-bond donors (Lipinski definition) is 1. The van der Waals surface area contributed by atoms with E-state index in [1.165, 1.54) is 0 Å². The first kappa shape index (κ1) is 9.72. The Morgan fingerprint density at radius 1 is 0.941 bits per heavy atom. The normalized spacial score (nSPS) is 10.6. The van der Waals surface area contributed by atoms with Gasteiger partial charge in [-0.1, -0.05) is 6.07 Å². The minimum Gasteiger partial charge on any atom is -0.508 e. The highest BCUT2D eigenvalue weighted by Gasteiger charge is 2.02. The molecule has 0 bridgehead atoms. The molecule has 0 aliphatic carbocycles. The zero-order valence-corrected chi connectivity index (χ0v) is 8.91. The summed E-state index contributed by atoms with van der Waals surface area (Å²) >= 11 is 0. The smallest absolute Gasteiger partial charge is 0.117 e. The summed E-state index contributed by atoms with van der Waals surface area (Å²) < 4.78 is 0. The average Bonchev–Trinajstić information content (AvgIpc) is 2.39. The molecule has 0 aliphatic heterocycles. The molecule has 0 fully saturated rings. The van der Waals surface area contributed by atoms with Crippen molar-refractivity contribution < 1.29 is 5.11 Å². The Morgan fingerprint density at radius 3 is 2.65 bits per heavy atom. The lowest BCUT2D eigenvalue weighted by atomic mass is 10.1. The van der Waals surface area contributed by atoms with Gasteiger partial charge in [-0.2, -0.15) is 10.2 Å². The van der Waals surface area contributed by atoms with Crippen LogP contribution in [0, 0.1) is 0 Å². The van der Waals surface area contributed by atoms with E-state index in [4.69, 9.17) is 0 Å². The van der Waals surface area contributed by atoms with Crippen LogP contribution in [0.15, 0.2) is 48.8 Å². The lowest BCUT2D eigenvalue weighted by Crippen LogP contribution is -1.87. The molecular weight excluding hydrogens is 214 g/mol. The van der Waals surface area contributed by atoms with Gasteiger partial charge in [-0.25, -0.2) is 4.98 Å². The maximum atomic E-state index is 9.43. The van der Waals surface area contributed by atoms with Gasteiger partial charge in [0.05, 0.1) is 23.6 Å². The first-order valence-electron chi connectivity index (χ1n) is 5.20. The Hall–Kier alpha value is -2.49. The zero-order chi connectivity index (χ0) is 11.7. The van der Waals surface area contributed by atoms with Crippen LogP contribution in [0.5, 0.6) is 5.75 Å². The first-order chi connectivity index (χ1) is 8.33. The Kier molecular flexibility index (Phi) is 2.19. The molecular formula is C13H9N3O. The van der Waals surface area contributed by atoms with Crippen LogP contribution in [-0.2, 0) is 0 Å². The quantitative estimate of drug-likeness (QED) is 0.688. The standard InChI is InChI=1S/C13H9N3O/c17-11-3-1-9-2-4-12(16-13(9)7-11)10-5-6-14-15-8-10/h1-8,17H. The predicted molar refractivity (Wildman–Crippen MR) is 64.4 cm³/mol. The molecule has 0 amide bonds. The summed E-state index contributed by atoms with van der Waals surface area (Å²) in [5.41, 5.74) is 2.49. The van der Waals surface area contributed by atoms with Gasteiger partial charge >= 0.3 is 0 Å². The van der Waals surface area contributed by atoms with E-state index in [-0.39, 0.29) is 5.75 Å². The molecule has 1 N–H and O–H groups in total. The molecule has 82 valence electrons. The van der Waals surface area contributed by atoms with Crippen molar-refractivity contribution in [1.29, 1.82) is 0 Å². The first-order valence-corrected chi connectivity index (χ1v) is 5.20. The third kappa shape index (κ3) is 1.80. The van der Waals surface area contributed by atoms with Crippen molar-refractivity contribution in [2.75, 3.05) is 0 Å². The summed E-state index contributed by atoms with van der Waals surface area (Å²) in [5, 5.41) is 18.0. The zero-order valence-electron chi connectivity index (χ0n) is 8.91.